The zero-order valence-corrected chi connectivity index (χ0v) is 18.5. The molecule has 0 saturated carbocycles. The molecule has 1 aliphatic heterocycles. The Bertz CT molecular complexity index is 992. The quantitative estimate of drug-likeness (QED) is 0.801. The van der Waals surface area contributed by atoms with Crippen molar-refractivity contribution in [2.24, 2.45) is 5.92 Å². The molecule has 0 spiro atoms. The number of amides is 1. The molecule has 2 aromatic rings. The van der Waals surface area contributed by atoms with Crippen LogP contribution in [0.1, 0.15) is 40.7 Å². The van der Waals surface area contributed by atoms with Crippen molar-refractivity contribution in [1.82, 2.24) is 4.31 Å². The van der Waals surface area contributed by atoms with Crippen molar-refractivity contribution in [2.75, 3.05) is 18.4 Å². The predicted molar refractivity (Wildman–Crippen MR) is 117 cm³/mol. The first-order valence-electron chi connectivity index (χ1n) is 10.1. The maximum Gasteiger partial charge on any atom is 0.228 e. The van der Waals surface area contributed by atoms with Crippen molar-refractivity contribution < 1.29 is 13.2 Å². The molecule has 1 amide bonds. The standard InChI is InChI=1S/C23H30N2O3S/c1-16-12-18(3)22(19(4)13-16)24-23(26)20-10-7-11-25(14-20)29(27,28)15-21-9-6-5-8-17(21)2/h5-6,8-9,12-13,20H,7,10-11,14-15H2,1-4H3,(H,24,26). The minimum absolute atomic E-state index is 0.0236. The summed E-state index contributed by atoms with van der Waals surface area (Å²) in [5, 5.41) is 3.05. The molecule has 3 rings (SSSR count). The van der Waals surface area contributed by atoms with Crippen LogP contribution in [0.15, 0.2) is 36.4 Å². The molecule has 2 aromatic carbocycles. The number of piperidine rings is 1. The second kappa shape index (κ2) is 8.67. The van der Waals surface area contributed by atoms with Crippen LogP contribution in [0.25, 0.3) is 0 Å². The number of carbonyl (C=O) groups is 1. The van der Waals surface area contributed by atoms with Crippen molar-refractivity contribution in [2.45, 2.75) is 46.3 Å². The second-order valence-electron chi connectivity index (χ2n) is 8.14. The van der Waals surface area contributed by atoms with Gasteiger partial charge in [0, 0.05) is 18.8 Å². The van der Waals surface area contributed by atoms with Crippen LogP contribution in [0.2, 0.25) is 0 Å². The van der Waals surface area contributed by atoms with E-state index in [-0.39, 0.29) is 24.1 Å². The number of sulfonamides is 1. The number of hydrogen-bond acceptors (Lipinski definition) is 3. The van der Waals surface area contributed by atoms with Crippen molar-refractivity contribution in [3.05, 3.63) is 64.2 Å². The molecule has 1 aliphatic rings. The number of nitrogens with one attached hydrogen (secondary N) is 1. The van der Waals surface area contributed by atoms with Crippen molar-refractivity contribution >= 4 is 21.6 Å². The zero-order valence-electron chi connectivity index (χ0n) is 17.7. The van der Waals surface area contributed by atoms with Gasteiger partial charge >= 0.3 is 0 Å². The fourth-order valence-corrected chi connectivity index (χ4v) is 5.79. The topological polar surface area (TPSA) is 66.5 Å². The maximum atomic E-state index is 13.0. The number of aryl methyl sites for hydroxylation is 4. The van der Waals surface area contributed by atoms with E-state index in [1.54, 1.807) is 0 Å². The van der Waals surface area contributed by atoms with E-state index in [1.165, 1.54) is 4.31 Å². The van der Waals surface area contributed by atoms with E-state index in [2.05, 4.69) is 5.32 Å². The predicted octanol–water partition coefficient (Wildman–Crippen LogP) is 4.10. The van der Waals surface area contributed by atoms with Crippen LogP contribution in [-0.2, 0) is 20.6 Å². The van der Waals surface area contributed by atoms with Gasteiger partial charge in [-0.3, -0.25) is 4.79 Å². The monoisotopic (exact) mass is 414 g/mol. The highest BCUT2D eigenvalue weighted by Gasteiger charge is 2.32. The molecule has 0 aliphatic carbocycles. The van der Waals surface area contributed by atoms with Crippen LogP contribution in [0, 0.1) is 33.6 Å². The van der Waals surface area contributed by atoms with Crippen LogP contribution >= 0.6 is 0 Å². The minimum Gasteiger partial charge on any atom is -0.325 e. The molecule has 0 bridgehead atoms. The van der Waals surface area contributed by atoms with Crippen molar-refractivity contribution in [1.29, 1.82) is 0 Å². The third-order valence-corrected chi connectivity index (χ3v) is 7.47. The molecule has 0 aromatic heterocycles. The number of benzene rings is 2. The summed E-state index contributed by atoms with van der Waals surface area (Å²) >= 11 is 0. The number of hydrogen-bond donors (Lipinski definition) is 1. The van der Waals surface area contributed by atoms with Gasteiger partial charge in [0.1, 0.15) is 0 Å². The molecule has 1 fully saturated rings. The van der Waals surface area contributed by atoms with Crippen LogP contribution < -0.4 is 5.32 Å². The molecule has 1 heterocycles. The van der Waals surface area contributed by atoms with Crippen molar-refractivity contribution in [3.63, 3.8) is 0 Å². The Labute approximate surface area is 174 Å². The number of rotatable bonds is 5. The van der Waals surface area contributed by atoms with Gasteiger partial charge in [-0.15, -0.1) is 0 Å². The Balaban J connectivity index is 1.72. The molecule has 5 nitrogen and oxygen atoms in total. The summed E-state index contributed by atoms with van der Waals surface area (Å²) in [4.78, 5) is 12.9. The summed E-state index contributed by atoms with van der Waals surface area (Å²) in [5.74, 6) is -0.462. The largest absolute Gasteiger partial charge is 0.325 e. The van der Waals surface area contributed by atoms with Crippen LogP contribution in [0.3, 0.4) is 0 Å². The van der Waals surface area contributed by atoms with Gasteiger partial charge in [-0.05, 0) is 62.8 Å². The molecule has 6 heteroatoms. The molecule has 156 valence electrons. The third kappa shape index (κ3) is 5.06. The second-order valence-corrected chi connectivity index (χ2v) is 10.1. The average molecular weight is 415 g/mol. The minimum atomic E-state index is -3.47. The molecule has 1 atom stereocenters. The van der Waals surface area contributed by atoms with E-state index in [9.17, 15) is 13.2 Å². The van der Waals surface area contributed by atoms with E-state index >= 15 is 0 Å². The summed E-state index contributed by atoms with van der Waals surface area (Å²) in [7, 11) is -3.47. The zero-order chi connectivity index (χ0) is 21.2. The summed E-state index contributed by atoms with van der Waals surface area (Å²) in [6.45, 7) is 8.63. The van der Waals surface area contributed by atoms with Gasteiger partial charge in [-0.1, -0.05) is 42.0 Å². The Morgan fingerprint density at radius 2 is 1.72 bits per heavy atom. The number of anilines is 1. The van der Waals surface area contributed by atoms with Crippen LogP contribution in [-0.4, -0.2) is 31.7 Å². The first-order chi connectivity index (χ1) is 13.7. The van der Waals surface area contributed by atoms with E-state index < -0.39 is 10.0 Å². The molecule has 29 heavy (non-hydrogen) atoms. The molecule has 1 unspecified atom stereocenters. The van der Waals surface area contributed by atoms with Crippen LogP contribution in [0.4, 0.5) is 5.69 Å². The van der Waals surface area contributed by atoms with E-state index in [0.717, 1.165) is 33.5 Å². The smallest absolute Gasteiger partial charge is 0.228 e. The van der Waals surface area contributed by atoms with Gasteiger partial charge in [-0.2, -0.15) is 0 Å². The van der Waals surface area contributed by atoms with Gasteiger partial charge in [0.2, 0.25) is 15.9 Å². The Morgan fingerprint density at radius 1 is 1.07 bits per heavy atom. The summed E-state index contributed by atoms with van der Waals surface area (Å²) in [6.07, 6.45) is 1.39. The summed E-state index contributed by atoms with van der Waals surface area (Å²) in [6, 6.07) is 11.6. The molecular formula is C23H30N2O3S. The fraction of sp³-hybridized carbons (Fsp3) is 0.435. The molecule has 1 saturated heterocycles. The first kappa shape index (κ1) is 21.5. The lowest BCUT2D eigenvalue weighted by molar-refractivity contribution is -0.120. The molecular weight excluding hydrogens is 384 g/mol. The van der Waals surface area contributed by atoms with E-state index in [0.29, 0.717) is 19.4 Å². The Hall–Kier alpha value is -2.18. The van der Waals surface area contributed by atoms with Gasteiger partial charge in [-0.25, -0.2) is 12.7 Å². The molecule has 1 N–H and O–H groups in total. The Morgan fingerprint density at radius 3 is 2.38 bits per heavy atom. The summed E-state index contributed by atoms with van der Waals surface area (Å²) < 4.78 is 27.4. The fourth-order valence-electron chi connectivity index (χ4n) is 4.07. The third-order valence-electron chi connectivity index (χ3n) is 5.67. The van der Waals surface area contributed by atoms with E-state index in [1.807, 2.05) is 64.1 Å². The highest BCUT2D eigenvalue weighted by atomic mass is 32.2. The van der Waals surface area contributed by atoms with Gasteiger partial charge < -0.3 is 5.32 Å². The van der Waals surface area contributed by atoms with Crippen LogP contribution in [0.5, 0.6) is 0 Å². The average Bonchev–Trinajstić information content (AvgIpc) is 2.66. The summed E-state index contributed by atoms with van der Waals surface area (Å²) in [5.41, 5.74) is 5.81. The normalized spacial score (nSPS) is 17.9. The number of nitrogens with zero attached hydrogens (tertiary/aromatic N) is 1. The molecule has 0 radical (unpaired) electrons. The lowest BCUT2D eigenvalue weighted by Gasteiger charge is -2.31. The highest BCUT2D eigenvalue weighted by molar-refractivity contribution is 7.88. The lowest BCUT2D eigenvalue weighted by Crippen LogP contribution is -2.44. The van der Waals surface area contributed by atoms with Gasteiger partial charge in [0.15, 0.2) is 0 Å². The van der Waals surface area contributed by atoms with Crippen molar-refractivity contribution in [3.8, 4) is 0 Å². The van der Waals surface area contributed by atoms with E-state index in [4.69, 9.17) is 0 Å². The SMILES string of the molecule is Cc1cc(C)c(NC(=O)C2CCCN(S(=O)(=O)Cc3ccccc3C)C2)c(C)c1. The lowest BCUT2D eigenvalue weighted by atomic mass is 9.98. The Kier molecular flexibility index (Phi) is 6.44. The highest BCUT2D eigenvalue weighted by Crippen LogP contribution is 2.26. The van der Waals surface area contributed by atoms with Gasteiger partial charge in [0.05, 0.1) is 11.7 Å². The number of carbonyl (C=O) groups excluding carboxylic acids is 1. The first-order valence-corrected chi connectivity index (χ1v) is 11.7. The van der Waals surface area contributed by atoms with Gasteiger partial charge in [0.25, 0.3) is 0 Å². The maximum absolute atomic E-state index is 13.0.